The van der Waals surface area contributed by atoms with E-state index in [0.29, 0.717) is 12.6 Å². The first-order valence-electron chi connectivity index (χ1n) is 11.6. The van der Waals surface area contributed by atoms with Gasteiger partial charge in [-0.05, 0) is 67.8 Å². The Labute approximate surface area is 180 Å². The summed E-state index contributed by atoms with van der Waals surface area (Å²) in [5, 5.41) is 3.29. The van der Waals surface area contributed by atoms with Gasteiger partial charge in [-0.25, -0.2) is 0 Å². The fraction of sp³-hybridized carbons (Fsp3) is 0.720. The topological polar surface area (TPSA) is 50.8 Å². The Morgan fingerprint density at radius 2 is 2.13 bits per heavy atom. The SMILES string of the molecule is COc1ccc2c(c1)[C@]13CCN(CC4CC4)[C@H](C2)C1OCC(NC(=O)C(C)(C)C)C3. The molecular weight excluding hydrogens is 376 g/mol. The van der Waals surface area contributed by atoms with Crippen LogP contribution in [0.15, 0.2) is 18.2 Å². The molecule has 1 aromatic carbocycles. The first-order chi connectivity index (χ1) is 14.3. The van der Waals surface area contributed by atoms with Crippen LogP contribution in [0.2, 0.25) is 0 Å². The number of rotatable bonds is 4. The molecule has 0 radical (unpaired) electrons. The molecule has 5 heteroatoms. The van der Waals surface area contributed by atoms with Crippen molar-refractivity contribution in [3.63, 3.8) is 0 Å². The molecule has 1 saturated carbocycles. The average molecular weight is 413 g/mol. The molecule has 1 N–H and O–H groups in total. The highest BCUT2D eigenvalue weighted by atomic mass is 16.5. The zero-order valence-corrected chi connectivity index (χ0v) is 18.9. The second-order valence-electron chi connectivity index (χ2n) is 11.0. The van der Waals surface area contributed by atoms with Gasteiger partial charge in [-0.2, -0.15) is 0 Å². The molecule has 5 rings (SSSR count). The number of benzene rings is 1. The molecule has 2 aliphatic heterocycles. The predicted octanol–water partition coefficient (Wildman–Crippen LogP) is 3.29. The van der Waals surface area contributed by atoms with Gasteiger partial charge in [-0.3, -0.25) is 9.69 Å². The quantitative estimate of drug-likeness (QED) is 0.825. The van der Waals surface area contributed by atoms with Crippen LogP contribution < -0.4 is 10.1 Å². The lowest BCUT2D eigenvalue weighted by Gasteiger charge is -2.59. The number of piperidine rings is 1. The van der Waals surface area contributed by atoms with E-state index < -0.39 is 5.41 Å². The number of carbonyl (C=O) groups excluding carboxylic acids is 1. The average Bonchev–Trinajstić information content (AvgIpc) is 3.53. The van der Waals surface area contributed by atoms with Crippen molar-refractivity contribution in [3.05, 3.63) is 29.3 Å². The van der Waals surface area contributed by atoms with Crippen LogP contribution in [0.5, 0.6) is 5.75 Å². The van der Waals surface area contributed by atoms with Crippen LogP contribution in [0, 0.1) is 11.3 Å². The van der Waals surface area contributed by atoms with Gasteiger partial charge in [-0.1, -0.05) is 26.8 Å². The number of methoxy groups -OCH3 is 1. The Hall–Kier alpha value is -1.59. The van der Waals surface area contributed by atoms with Gasteiger partial charge >= 0.3 is 0 Å². The third kappa shape index (κ3) is 3.44. The van der Waals surface area contributed by atoms with Crippen molar-refractivity contribution in [1.29, 1.82) is 0 Å². The first-order valence-corrected chi connectivity index (χ1v) is 11.6. The molecule has 2 saturated heterocycles. The van der Waals surface area contributed by atoms with E-state index in [1.165, 1.54) is 30.5 Å². The number of nitrogens with one attached hydrogen (secondary N) is 1. The molecule has 2 aliphatic carbocycles. The Bertz CT molecular complexity index is 828. The highest BCUT2D eigenvalue weighted by Gasteiger charge is 2.57. The molecule has 2 unspecified atom stereocenters. The Balaban J connectivity index is 1.48. The highest BCUT2D eigenvalue weighted by molar-refractivity contribution is 5.81. The Morgan fingerprint density at radius 1 is 1.33 bits per heavy atom. The minimum absolute atomic E-state index is 0.0408. The predicted molar refractivity (Wildman–Crippen MR) is 117 cm³/mol. The summed E-state index contributed by atoms with van der Waals surface area (Å²) in [6.45, 7) is 8.87. The summed E-state index contributed by atoms with van der Waals surface area (Å²) < 4.78 is 12.2. The van der Waals surface area contributed by atoms with E-state index in [1.807, 2.05) is 20.8 Å². The van der Waals surface area contributed by atoms with E-state index in [9.17, 15) is 4.79 Å². The molecular formula is C25H36N2O3. The zero-order chi connectivity index (χ0) is 21.1. The van der Waals surface area contributed by atoms with Gasteiger partial charge in [0, 0.05) is 23.4 Å². The fourth-order valence-corrected chi connectivity index (χ4v) is 5.95. The van der Waals surface area contributed by atoms with Crippen LogP contribution in [-0.4, -0.2) is 55.8 Å². The molecule has 1 aromatic rings. The lowest BCUT2D eigenvalue weighted by atomic mass is 9.58. The molecule has 3 fully saturated rings. The van der Waals surface area contributed by atoms with Crippen molar-refractivity contribution < 1.29 is 14.3 Å². The normalized spacial score (nSPS) is 33.4. The standard InChI is InChI=1S/C25H36N2O3/c1-24(2,3)23(28)26-18-13-25-9-10-27(14-16-5-6-16)21(22(25)30-15-18)11-17-7-8-19(29-4)12-20(17)25/h7-8,12,16,18,21-22H,5-6,9-11,13-15H2,1-4H3,(H,26,28)/t18?,21-,22?,25-/m1/s1. The van der Waals surface area contributed by atoms with Crippen LogP contribution in [0.3, 0.4) is 0 Å². The smallest absolute Gasteiger partial charge is 0.225 e. The van der Waals surface area contributed by atoms with Crippen molar-refractivity contribution in [3.8, 4) is 5.75 Å². The molecule has 164 valence electrons. The van der Waals surface area contributed by atoms with Gasteiger partial charge in [0.15, 0.2) is 0 Å². The maximum atomic E-state index is 12.7. The van der Waals surface area contributed by atoms with Gasteiger partial charge in [0.05, 0.1) is 25.9 Å². The molecule has 0 aromatic heterocycles. The van der Waals surface area contributed by atoms with E-state index in [0.717, 1.165) is 37.5 Å². The number of hydrogen-bond acceptors (Lipinski definition) is 4. The fourth-order valence-electron chi connectivity index (χ4n) is 5.95. The largest absolute Gasteiger partial charge is 0.497 e. The van der Waals surface area contributed by atoms with Crippen LogP contribution in [-0.2, 0) is 21.4 Å². The van der Waals surface area contributed by atoms with Gasteiger partial charge in [-0.15, -0.1) is 0 Å². The lowest BCUT2D eigenvalue weighted by Crippen LogP contribution is -2.68. The second-order valence-corrected chi connectivity index (χ2v) is 11.0. The maximum Gasteiger partial charge on any atom is 0.225 e. The lowest BCUT2D eigenvalue weighted by molar-refractivity contribution is -0.146. The molecule has 2 heterocycles. The minimum Gasteiger partial charge on any atom is -0.497 e. The molecule has 4 aliphatic rings. The highest BCUT2D eigenvalue weighted by Crippen LogP contribution is 2.52. The summed E-state index contributed by atoms with van der Waals surface area (Å²) in [7, 11) is 1.74. The summed E-state index contributed by atoms with van der Waals surface area (Å²) in [4.78, 5) is 15.4. The Morgan fingerprint density at radius 3 is 2.83 bits per heavy atom. The number of amides is 1. The molecule has 2 bridgehead atoms. The van der Waals surface area contributed by atoms with E-state index >= 15 is 0 Å². The summed E-state index contributed by atoms with van der Waals surface area (Å²) in [6.07, 6.45) is 6.06. The van der Waals surface area contributed by atoms with Crippen molar-refractivity contribution in [2.45, 2.75) is 76.5 Å². The van der Waals surface area contributed by atoms with Gasteiger partial charge in [0.1, 0.15) is 5.75 Å². The van der Waals surface area contributed by atoms with Crippen molar-refractivity contribution in [2.75, 3.05) is 26.8 Å². The zero-order valence-electron chi connectivity index (χ0n) is 18.9. The number of hydrogen-bond donors (Lipinski definition) is 1. The van der Waals surface area contributed by atoms with E-state index in [-0.39, 0.29) is 23.5 Å². The van der Waals surface area contributed by atoms with Crippen molar-refractivity contribution in [2.24, 2.45) is 11.3 Å². The number of fused-ring (bicyclic) bond motifs is 1. The molecule has 4 atom stereocenters. The monoisotopic (exact) mass is 412 g/mol. The molecule has 5 nitrogen and oxygen atoms in total. The summed E-state index contributed by atoms with van der Waals surface area (Å²) in [6, 6.07) is 7.10. The maximum absolute atomic E-state index is 12.7. The molecule has 30 heavy (non-hydrogen) atoms. The van der Waals surface area contributed by atoms with Crippen LogP contribution in [0.25, 0.3) is 0 Å². The van der Waals surface area contributed by atoms with E-state index in [2.05, 4.69) is 28.4 Å². The van der Waals surface area contributed by atoms with E-state index in [1.54, 1.807) is 7.11 Å². The van der Waals surface area contributed by atoms with Gasteiger partial charge in [0.25, 0.3) is 0 Å². The van der Waals surface area contributed by atoms with Crippen molar-refractivity contribution in [1.82, 2.24) is 10.2 Å². The third-order valence-corrected chi connectivity index (χ3v) is 7.78. The molecule has 1 amide bonds. The van der Waals surface area contributed by atoms with Crippen LogP contribution in [0.4, 0.5) is 0 Å². The van der Waals surface area contributed by atoms with Gasteiger partial charge < -0.3 is 14.8 Å². The Kier molecular flexibility index (Phi) is 4.90. The number of ether oxygens (including phenoxy) is 2. The summed E-state index contributed by atoms with van der Waals surface area (Å²) >= 11 is 0. The summed E-state index contributed by atoms with van der Waals surface area (Å²) in [5.74, 6) is 1.91. The first kappa shape index (κ1) is 20.3. The second kappa shape index (κ2) is 7.23. The number of carbonyl (C=O) groups is 1. The molecule has 0 spiro atoms. The van der Waals surface area contributed by atoms with Gasteiger partial charge in [0.2, 0.25) is 5.91 Å². The number of likely N-dealkylation sites (tertiary alicyclic amines) is 1. The van der Waals surface area contributed by atoms with Crippen LogP contribution >= 0.6 is 0 Å². The third-order valence-electron chi connectivity index (χ3n) is 7.78. The van der Waals surface area contributed by atoms with Crippen molar-refractivity contribution >= 4 is 5.91 Å². The minimum atomic E-state index is -0.391. The van der Waals surface area contributed by atoms with Crippen LogP contribution in [0.1, 0.15) is 57.6 Å². The number of nitrogens with zero attached hydrogens (tertiary/aromatic N) is 1. The summed E-state index contributed by atoms with van der Waals surface area (Å²) in [5.41, 5.74) is 2.40. The van der Waals surface area contributed by atoms with E-state index in [4.69, 9.17) is 9.47 Å².